The number of carbonyl (C=O) groups excluding carboxylic acids is 2. The molecule has 1 aliphatic rings. The molecule has 178 valence electrons. The second-order valence-electron chi connectivity index (χ2n) is 8.39. The van der Waals surface area contributed by atoms with E-state index in [1.54, 1.807) is 20.3 Å². The first-order valence-corrected chi connectivity index (χ1v) is 12.4. The van der Waals surface area contributed by atoms with Crippen LogP contribution in [-0.4, -0.2) is 49.8 Å². The number of nitrogens with one attached hydrogen (secondary N) is 1. The Balaban J connectivity index is 1.64. The van der Waals surface area contributed by atoms with Crippen molar-refractivity contribution in [2.24, 2.45) is 0 Å². The fourth-order valence-corrected chi connectivity index (χ4v) is 5.15. The lowest BCUT2D eigenvalue weighted by Gasteiger charge is -2.31. The van der Waals surface area contributed by atoms with E-state index in [1.165, 1.54) is 31.0 Å². The molecule has 0 aromatic heterocycles. The largest absolute Gasteiger partial charge is 0.493 e. The summed E-state index contributed by atoms with van der Waals surface area (Å²) in [6.45, 7) is 1.93. The minimum Gasteiger partial charge on any atom is -0.493 e. The van der Waals surface area contributed by atoms with E-state index in [1.807, 2.05) is 55.3 Å². The van der Waals surface area contributed by atoms with Gasteiger partial charge in [-0.15, -0.1) is 11.8 Å². The fourth-order valence-electron chi connectivity index (χ4n) is 4.17. The van der Waals surface area contributed by atoms with Crippen LogP contribution in [0.5, 0.6) is 11.5 Å². The zero-order valence-corrected chi connectivity index (χ0v) is 20.7. The summed E-state index contributed by atoms with van der Waals surface area (Å²) in [6.07, 6.45) is 5.81. The third kappa shape index (κ3) is 6.44. The van der Waals surface area contributed by atoms with Crippen LogP contribution in [0.15, 0.2) is 47.4 Å². The smallest absolute Gasteiger partial charge is 0.252 e. The molecule has 0 bridgehead atoms. The predicted octanol–water partition coefficient (Wildman–Crippen LogP) is 5.08. The number of ether oxygens (including phenoxy) is 2. The molecule has 0 aliphatic heterocycles. The van der Waals surface area contributed by atoms with Gasteiger partial charge in [0, 0.05) is 18.0 Å². The highest BCUT2D eigenvalue weighted by atomic mass is 32.2. The third-order valence-corrected chi connectivity index (χ3v) is 7.31. The van der Waals surface area contributed by atoms with E-state index in [2.05, 4.69) is 5.32 Å². The highest BCUT2D eigenvalue weighted by molar-refractivity contribution is 8.00. The Morgan fingerprint density at radius 3 is 2.45 bits per heavy atom. The van der Waals surface area contributed by atoms with E-state index in [9.17, 15) is 9.59 Å². The highest BCUT2D eigenvalue weighted by Crippen LogP contribution is 2.30. The van der Waals surface area contributed by atoms with Gasteiger partial charge in [-0.1, -0.05) is 37.5 Å². The molecular formula is C26H34N2O4S. The van der Waals surface area contributed by atoms with Gasteiger partial charge in [-0.25, -0.2) is 0 Å². The second kappa shape index (κ2) is 12.0. The van der Waals surface area contributed by atoms with Crippen LogP contribution in [-0.2, 0) is 4.79 Å². The molecule has 2 amide bonds. The summed E-state index contributed by atoms with van der Waals surface area (Å²) in [5.74, 6) is 1.52. The molecule has 0 heterocycles. The zero-order valence-electron chi connectivity index (χ0n) is 19.9. The van der Waals surface area contributed by atoms with Crippen molar-refractivity contribution in [2.75, 3.05) is 27.0 Å². The lowest BCUT2D eigenvalue weighted by atomic mass is 9.94. The molecule has 1 fully saturated rings. The normalized spacial score (nSPS) is 14.9. The summed E-state index contributed by atoms with van der Waals surface area (Å²) in [6, 6.07) is 13.2. The number of carbonyl (C=O) groups is 2. The van der Waals surface area contributed by atoms with Crippen molar-refractivity contribution < 1.29 is 19.1 Å². The van der Waals surface area contributed by atoms with E-state index >= 15 is 0 Å². The minimum atomic E-state index is -0.227. The van der Waals surface area contributed by atoms with Crippen LogP contribution in [0.4, 0.5) is 0 Å². The van der Waals surface area contributed by atoms with Gasteiger partial charge in [-0.2, -0.15) is 0 Å². The number of benzene rings is 2. The third-order valence-electron chi connectivity index (χ3n) is 6.25. The summed E-state index contributed by atoms with van der Waals surface area (Å²) in [5.41, 5.74) is 1.48. The van der Waals surface area contributed by atoms with Gasteiger partial charge < -0.3 is 19.7 Å². The zero-order chi connectivity index (χ0) is 23.8. The van der Waals surface area contributed by atoms with E-state index in [0.29, 0.717) is 28.9 Å². The SMILES string of the molecule is COc1ccc(C(C)NC(=O)c2ccccc2SCC(=O)N(C)C2CCCCC2)cc1OC. The van der Waals surface area contributed by atoms with Gasteiger partial charge >= 0.3 is 0 Å². The summed E-state index contributed by atoms with van der Waals surface area (Å²) in [4.78, 5) is 28.5. The van der Waals surface area contributed by atoms with E-state index in [4.69, 9.17) is 9.47 Å². The van der Waals surface area contributed by atoms with Gasteiger partial charge in [0.1, 0.15) is 0 Å². The molecule has 0 radical (unpaired) electrons. The molecule has 7 heteroatoms. The molecule has 1 aliphatic carbocycles. The standard InChI is InChI=1S/C26H34N2O4S/c1-18(19-14-15-22(31-3)23(16-19)32-4)27-26(30)21-12-8-9-13-24(21)33-17-25(29)28(2)20-10-6-5-7-11-20/h8-9,12-16,18,20H,5-7,10-11,17H2,1-4H3,(H,27,30). The average molecular weight is 471 g/mol. The van der Waals surface area contributed by atoms with Crippen LogP contribution in [0.2, 0.25) is 0 Å². The summed E-state index contributed by atoms with van der Waals surface area (Å²) < 4.78 is 10.7. The van der Waals surface area contributed by atoms with Crippen LogP contribution >= 0.6 is 11.8 Å². The number of nitrogens with zero attached hydrogens (tertiary/aromatic N) is 1. The van der Waals surface area contributed by atoms with Crippen molar-refractivity contribution >= 4 is 23.6 Å². The van der Waals surface area contributed by atoms with Crippen LogP contribution in [0.25, 0.3) is 0 Å². The van der Waals surface area contributed by atoms with Crippen molar-refractivity contribution in [3.8, 4) is 11.5 Å². The first-order valence-electron chi connectivity index (χ1n) is 11.4. The molecule has 2 aromatic rings. The molecule has 0 spiro atoms. The molecule has 1 atom stereocenters. The van der Waals surface area contributed by atoms with Crippen LogP contribution in [0.1, 0.15) is 61.0 Å². The van der Waals surface area contributed by atoms with Crippen LogP contribution < -0.4 is 14.8 Å². The van der Waals surface area contributed by atoms with E-state index < -0.39 is 0 Å². The Morgan fingerprint density at radius 2 is 1.76 bits per heavy atom. The molecule has 33 heavy (non-hydrogen) atoms. The van der Waals surface area contributed by atoms with E-state index in [-0.39, 0.29) is 17.9 Å². The van der Waals surface area contributed by atoms with Gasteiger partial charge in [0.25, 0.3) is 5.91 Å². The molecule has 1 N–H and O–H groups in total. The predicted molar refractivity (Wildman–Crippen MR) is 132 cm³/mol. The Bertz CT molecular complexity index is 959. The summed E-state index contributed by atoms with van der Waals surface area (Å²) >= 11 is 1.42. The number of hydrogen-bond donors (Lipinski definition) is 1. The number of hydrogen-bond acceptors (Lipinski definition) is 5. The number of methoxy groups -OCH3 is 2. The van der Waals surface area contributed by atoms with Gasteiger partial charge in [-0.3, -0.25) is 9.59 Å². The molecule has 0 saturated heterocycles. The number of thioether (sulfide) groups is 1. The fraction of sp³-hybridized carbons (Fsp3) is 0.462. The van der Waals surface area contributed by atoms with Crippen molar-refractivity contribution in [3.05, 3.63) is 53.6 Å². The van der Waals surface area contributed by atoms with Gasteiger partial charge in [-0.05, 0) is 49.6 Å². The first kappa shape index (κ1) is 25.0. The summed E-state index contributed by atoms with van der Waals surface area (Å²) in [5, 5.41) is 3.06. The number of rotatable bonds is 9. The van der Waals surface area contributed by atoms with Crippen molar-refractivity contribution in [2.45, 2.75) is 56.0 Å². The minimum absolute atomic E-state index is 0.112. The van der Waals surface area contributed by atoms with Gasteiger partial charge in [0.2, 0.25) is 5.91 Å². The lowest BCUT2D eigenvalue weighted by molar-refractivity contribution is -0.129. The lowest BCUT2D eigenvalue weighted by Crippen LogP contribution is -2.39. The maximum absolute atomic E-state index is 13.1. The Kier molecular flexibility index (Phi) is 9.06. The highest BCUT2D eigenvalue weighted by Gasteiger charge is 2.23. The van der Waals surface area contributed by atoms with Crippen molar-refractivity contribution in [1.82, 2.24) is 10.2 Å². The molecule has 2 aromatic carbocycles. The quantitative estimate of drug-likeness (QED) is 0.518. The van der Waals surface area contributed by atoms with Crippen LogP contribution in [0, 0.1) is 0 Å². The average Bonchev–Trinajstić information content (AvgIpc) is 2.86. The first-order chi connectivity index (χ1) is 15.9. The topological polar surface area (TPSA) is 67.9 Å². The molecular weight excluding hydrogens is 436 g/mol. The monoisotopic (exact) mass is 470 g/mol. The molecule has 3 rings (SSSR count). The van der Waals surface area contributed by atoms with Gasteiger partial charge in [0.05, 0.1) is 31.6 Å². The van der Waals surface area contributed by atoms with Gasteiger partial charge in [0.15, 0.2) is 11.5 Å². The number of amides is 2. The second-order valence-corrected chi connectivity index (χ2v) is 9.41. The maximum atomic E-state index is 13.1. The molecule has 1 unspecified atom stereocenters. The van der Waals surface area contributed by atoms with Crippen molar-refractivity contribution in [3.63, 3.8) is 0 Å². The Labute approximate surface area is 201 Å². The van der Waals surface area contributed by atoms with Crippen LogP contribution in [0.3, 0.4) is 0 Å². The Morgan fingerprint density at radius 1 is 1.06 bits per heavy atom. The molecule has 1 saturated carbocycles. The van der Waals surface area contributed by atoms with E-state index in [0.717, 1.165) is 23.3 Å². The Hall–Kier alpha value is -2.67. The maximum Gasteiger partial charge on any atom is 0.252 e. The van der Waals surface area contributed by atoms with Crippen molar-refractivity contribution in [1.29, 1.82) is 0 Å². The molecule has 6 nitrogen and oxygen atoms in total. The summed E-state index contributed by atoms with van der Waals surface area (Å²) in [7, 11) is 5.09.